The summed E-state index contributed by atoms with van der Waals surface area (Å²) in [4.78, 5) is 4.16. The van der Waals surface area contributed by atoms with Gasteiger partial charge in [0.05, 0.1) is 12.8 Å². The standard InChI is InChI=1S/C13H22N2O/c1-4-5-16-12-7-11(8-15-9-12)13(14)6-10(2)3/h7-10,13H,4-6,14H2,1-3H3. The van der Waals surface area contributed by atoms with E-state index in [2.05, 4.69) is 25.8 Å². The van der Waals surface area contributed by atoms with E-state index in [1.165, 1.54) is 0 Å². The predicted octanol–water partition coefficient (Wildman–Crippen LogP) is 2.92. The zero-order valence-electron chi connectivity index (χ0n) is 10.4. The first-order valence-electron chi connectivity index (χ1n) is 5.96. The lowest BCUT2D eigenvalue weighted by Gasteiger charge is -2.15. The van der Waals surface area contributed by atoms with Gasteiger partial charge in [-0.25, -0.2) is 0 Å². The van der Waals surface area contributed by atoms with Crippen molar-refractivity contribution in [2.24, 2.45) is 11.7 Å². The molecule has 2 N–H and O–H groups in total. The Kier molecular flexibility index (Phi) is 5.26. The van der Waals surface area contributed by atoms with Crippen LogP contribution in [0.5, 0.6) is 5.75 Å². The van der Waals surface area contributed by atoms with E-state index in [4.69, 9.17) is 10.5 Å². The molecule has 0 amide bonds. The third-order valence-electron chi connectivity index (χ3n) is 2.36. The molecule has 1 heterocycles. The van der Waals surface area contributed by atoms with Crippen LogP contribution in [-0.2, 0) is 0 Å². The third-order valence-corrected chi connectivity index (χ3v) is 2.36. The molecule has 0 aromatic carbocycles. The summed E-state index contributed by atoms with van der Waals surface area (Å²) in [6.07, 6.45) is 5.54. The van der Waals surface area contributed by atoms with E-state index < -0.39 is 0 Å². The number of pyridine rings is 1. The van der Waals surface area contributed by atoms with Crippen molar-refractivity contribution in [1.29, 1.82) is 0 Å². The summed E-state index contributed by atoms with van der Waals surface area (Å²) in [6.45, 7) is 7.15. The van der Waals surface area contributed by atoms with Crippen LogP contribution in [0.4, 0.5) is 0 Å². The first-order valence-corrected chi connectivity index (χ1v) is 5.96. The van der Waals surface area contributed by atoms with E-state index in [9.17, 15) is 0 Å². The Morgan fingerprint density at radius 2 is 2.12 bits per heavy atom. The average Bonchev–Trinajstić information content (AvgIpc) is 2.26. The van der Waals surface area contributed by atoms with Crippen molar-refractivity contribution in [1.82, 2.24) is 4.98 Å². The Morgan fingerprint density at radius 3 is 2.75 bits per heavy atom. The van der Waals surface area contributed by atoms with Crippen molar-refractivity contribution in [3.63, 3.8) is 0 Å². The monoisotopic (exact) mass is 222 g/mol. The Labute approximate surface area is 98.0 Å². The highest BCUT2D eigenvalue weighted by Gasteiger charge is 2.09. The van der Waals surface area contributed by atoms with Crippen molar-refractivity contribution in [2.75, 3.05) is 6.61 Å². The van der Waals surface area contributed by atoms with Crippen LogP contribution in [0.25, 0.3) is 0 Å². The zero-order valence-corrected chi connectivity index (χ0v) is 10.4. The molecule has 1 atom stereocenters. The summed E-state index contributed by atoms with van der Waals surface area (Å²) in [6, 6.07) is 2.05. The van der Waals surface area contributed by atoms with Gasteiger partial charge in [-0.3, -0.25) is 4.98 Å². The normalized spacial score (nSPS) is 12.8. The Hall–Kier alpha value is -1.09. The minimum absolute atomic E-state index is 0.0534. The lowest BCUT2D eigenvalue weighted by molar-refractivity contribution is 0.315. The molecule has 0 aliphatic rings. The lowest BCUT2D eigenvalue weighted by atomic mass is 9.99. The number of hydrogen-bond acceptors (Lipinski definition) is 3. The Balaban J connectivity index is 2.65. The molecule has 16 heavy (non-hydrogen) atoms. The largest absolute Gasteiger partial charge is 0.492 e. The Morgan fingerprint density at radius 1 is 1.38 bits per heavy atom. The smallest absolute Gasteiger partial charge is 0.137 e. The van der Waals surface area contributed by atoms with Gasteiger partial charge in [-0.05, 0) is 30.4 Å². The average molecular weight is 222 g/mol. The van der Waals surface area contributed by atoms with Gasteiger partial charge in [-0.15, -0.1) is 0 Å². The molecule has 3 nitrogen and oxygen atoms in total. The first kappa shape index (κ1) is 13.0. The van der Waals surface area contributed by atoms with Gasteiger partial charge < -0.3 is 10.5 Å². The van der Waals surface area contributed by atoms with Crippen LogP contribution in [0.15, 0.2) is 18.5 Å². The SMILES string of the molecule is CCCOc1cncc(C(N)CC(C)C)c1. The van der Waals surface area contributed by atoms with Crippen LogP contribution in [0.1, 0.15) is 45.2 Å². The molecule has 1 aromatic heterocycles. The summed E-state index contributed by atoms with van der Waals surface area (Å²) in [5.41, 5.74) is 7.16. The quantitative estimate of drug-likeness (QED) is 0.805. The van der Waals surface area contributed by atoms with Gasteiger partial charge in [-0.2, -0.15) is 0 Å². The number of ether oxygens (including phenoxy) is 1. The van der Waals surface area contributed by atoms with Crippen LogP contribution >= 0.6 is 0 Å². The van der Waals surface area contributed by atoms with E-state index in [-0.39, 0.29) is 6.04 Å². The van der Waals surface area contributed by atoms with Crippen LogP contribution < -0.4 is 10.5 Å². The topological polar surface area (TPSA) is 48.1 Å². The van der Waals surface area contributed by atoms with Gasteiger partial charge in [0.1, 0.15) is 5.75 Å². The molecular formula is C13H22N2O. The predicted molar refractivity (Wildman–Crippen MR) is 66.4 cm³/mol. The number of aromatic nitrogens is 1. The van der Waals surface area contributed by atoms with Crippen molar-refractivity contribution in [3.8, 4) is 5.75 Å². The van der Waals surface area contributed by atoms with Gasteiger partial charge >= 0.3 is 0 Å². The first-order chi connectivity index (χ1) is 7.63. The summed E-state index contributed by atoms with van der Waals surface area (Å²) in [5, 5.41) is 0. The fourth-order valence-electron chi connectivity index (χ4n) is 1.58. The second kappa shape index (κ2) is 6.48. The zero-order chi connectivity index (χ0) is 12.0. The van der Waals surface area contributed by atoms with Crippen molar-refractivity contribution >= 4 is 0 Å². The van der Waals surface area contributed by atoms with Crippen LogP contribution in [0, 0.1) is 5.92 Å². The van der Waals surface area contributed by atoms with Gasteiger partial charge in [0.2, 0.25) is 0 Å². The van der Waals surface area contributed by atoms with Gasteiger partial charge in [0.25, 0.3) is 0 Å². The second-order valence-corrected chi connectivity index (χ2v) is 4.54. The number of hydrogen-bond donors (Lipinski definition) is 1. The van der Waals surface area contributed by atoms with E-state index in [0.717, 1.165) is 30.8 Å². The third kappa shape index (κ3) is 4.19. The highest BCUT2D eigenvalue weighted by molar-refractivity contribution is 5.25. The summed E-state index contributed by atoms with van der Waals surface area (Å²) < 4.78 is 5.53. The number of rotatable bonds is 6. The molecule has 0 spiro atoms. The summed E-state index contributed by atoms with van der Waals surface area (Å²) in [5.74, 6) is 1.41. The molecule has 1 rings (SSSR count). The molecule has 0 saturated carbocycles. The molecule has 0 bridgehead atoms. The van der Waals surface area contributed by atoms with Gasteiger partial charge in [-0.1, -0.05) is 20.8 Å². The molecular weight excluding hydrogens is 200 g/mol. The van der Waals surface area contributed by atoms with Gasteiger partial charge in [0.15, 0.2) is 0 Å². The highest BCUT2D eigenvalue weighted by atomic mass is 16.5. The summed E-state index contributed by atoms with van der Waals surface area (Å²) in [7, 11) is 0. The second-order valence-electron chi connectivity index (χ2n) is 4.54. The van der Waals surface area contributed by atoms with E-state index in [1.54, 1.807) is 6.20 Å². The summed E-state index contributed by atoms with van der Waals surface area (Å²) >= 11 is 0. The molecule has 0 aliphatic heterocycles. The van der Waals surface area contributed by atoms with E-state index in [1.807, 2.05) is 12.3 Å². The van der Waals surface area contributed by atoms with Gasteiger partial charge in [0, 0.05) is 12.2 Å². The van der Waals surface area contributed by atoms with Crippen LogP contribution in [0.2, 0.25) is 0 Å². The van der Waals surface area contributed by atoms with Crippen molar-refractivity contribution in [2.45, 2.75) is 39.7 Å². The maximum Gasteiger partial charge on any atom is 0.137 e. The van der Waals surface area contributed by atoms with Crippen molar-refractivity contribution in [3.05, 3.63) is 24.0 Å². The number of nitrogens with zero attached hydrogens (tertiary/aromatic N) is 1. The lowest BCUT2D eigenvalue weighted by Crippen LogP contribution is -2.13. The molecule has 0 saturated heterocycles. The van der Waals surface area contributed by atoms with E-state index >= 15 is 0 Å². The van der Waals surface area contributed by atoms with Crippen molar-refractivity contribution < 1.29 is 4.74 Å². The molecule has 90 valence electrons. The Bertz CT molecular complexity index is 313. The maximum atomic E-state index is 6.10. The molecule has 3 heteroatoms. The number of nitrogens with two attached hydrogens (primary N) is 1. The van der Waals surface area contributed by atoms with Crippen LogP contribution in [-0.4, -0.2) is 11.6 Å². The van der Waals surface area contributed by atoms with Crippen LogP contribution in [0.3, 0.4) is 0 Å². The molecule has 0 radical (unpaired) electrons. The molecule has 1 unspecified atom stereocenters. The minimum atomic E-state index is 0.0534. The van der Waals surface area contributed by atoms with E-state index in [0.29, 0.717) is 5.92 Å². The maximum absolute atomic E-state index is 6.10. The molecule has 0 aliphatic carbocycles. The fourth-order valence-corrected chi connectivity index (χ4v) is 1.58. The highest BCUT2D eigenvalue weighted by Crippen LogP contribution is 2.21. The fraction of sp³-hybridized carbons (Fsp3) is 0.615. The molecule has 0 fully saturated rings. The molecule has 1 aromatic rings. The minimum Gasteiger partial charge on any atom is -0.492 e.